The Hall–Kier alpha value is -2.44. The summed E-state index contributed by atoms with van der Waals surface area (Å²) in [6.07, 6.45) is 9.11. The predicted molar refractivity (Wildman–Crippen MR) is 77.6 cm³/mol. The molecule has 1 amide bonds. The Balaban J connectivity index is 1.77. The topological polar surface area (TPSA) is 89.9 Å². The Morgan fingerprint density at radius 3 is 2.86 bits per heavy atom. The van der Waals surface area contributed by atoms with Crippen LogP contribution in [0.25, 0.3) is 0 Å². The number of carbonyl (C=O) groups is 1. The third-order valence-electron chi connectivity index (χ3n) is 3.70. The van der Waals surface area contributed by atoms with Crippen LogP contribution in [0.3, 0.4) is 0 Å². The first-order valence-corrected chi connectivity index (χ1v) is 7.05. The van der Waals surface area contributed by atoms with Gasteiger partial charge in [0.05, 0.1) is 0 Å². The second kappa shape index (κ2) is 5.90. The summed E-state index contributed by atoms with van der Waals surface area (Å²) >= 11 is 0. The van der Waals surface area contributed by atoms with Gasteiger partial charge in [-0.15, -0.1) is 0 Å². The fourth-order valence-electron chi connectivity index (χ4n) is 2.81. The second-order valence-corrected chi connectivity index (χ2v) is 5.21. The summed E-state index contributed by atoms with van der Waals surface area (Å²) in [5.41, 5.74) is 5.28. The average molecular weight is 286 g/mol. The maximum absolute atomic E-state index is 11.1. The maximum Gasteiger partial charge on any atom is 0.237 e. The Bertz CT molecular complexity index is 611. The second-order valence-electron chi connectivity index (χ2n) is 5.21. The highest BCUT2D eigenvalue weighted by Gasteiger charge is 2.26. The van der Waals surface area contributed by atoms with Crippen molar-refractivity contribution < 1.29 is 4.79 Å². The molecule has 1 saturated heterocycles. The smallest absolute Gasteiger partial charge is 0.237 e. The summed E-state index contributed by atoms with van der Waals surface area (Å²) in [4.78, 5) is 26.3. The molecular weight excluding hydrogens is 268 g/mol. The fourth-order valence-corrected chi connectivity index (χ4v) is 2.81. The number of piperidine rings is 1. The maximum atomic E-state index is 11.1. The molecule has 1 aliphatic rings. The van der Waals surface area contributed by atoms with E-state index < -0.39 is 0 Å². The summed E-state index contributed by atoms with van der Waals surface area (Å²) in [5, 5.41) is 0. The Kier molecular flexibility index (Phi) is 3.81. The van der Waals surface area contributed by atoms with Crippen molar-refractivity contribution >= 4 is 11.9 Å². The first kappa shape index (κ1) is 13.5. The summed E-state index contributed by atoms with van der Waals surface area (Å²) in [6, 6.07) is 1.81. The molecule has 7 heteroatoms. The lowest BCUT2D eigenvalue weighted by molar-refractivity contribution is -0.118. The number of amides is 1. The zero-order valence-corrected chi connectivity index (χ0v) is 11.7. The molecule has 1 fully saturated rings. The molecule has 0 saturated carbocycles. The number of hydrogen-bond donors (Lipinski definition) is 1. The van der Waals surface area contributed by atoms with Gasteiger partial charge in [0.2, 0.25) is 11.9 Å². The van der Waals surface area contributed by atoms with E-state index in [1.54, 1.807) is 24.8 Å². The van der Waals surface area contributed by atoms with Gasteiger partial charge in [0.1, 0.15) is 12.4 Å². The van der Waals surface area contributed by atoms with Crippen LogP contribution in [0.4, 0.5) is 5.95 Å². The number of aromatic nitrogens is 4. The summed E-state index contributed by atoms with van der Waals surface area (Å²) in [5.74, 6) is 1.56. The molecule has 110 valence electrons. The van der Waals surface area contributed by atoms with Gasteiger partial charge < -0.3 is 15.2 Å². The van der Waals surface area contributed by atoms with Crippen LogP contribution in [0.5, 0.6) is 0 Å². The van der Waals surface area contributed by atoms with E-state index in [1.165, 1.54) is 0 Å². The summed E-state index contributed by atoms with van der Waals surface area (Å²) in [6.45, 7) is 1.92. The van der Waals surface area contributed by atoms with Crippen LogP contribution in [0.15, 0.2) is 30.9 Å². The number of nitrogens with zero attached hydrogens (tertiary/aromatic N) is 5. The van der Waals surface area contributed by atoms with Crippen LogP contribution in [0.1, 0.15) is 24.6 Å². The van der Waals surface area contributed by atoms with Crippen LogP contribution in [-0.4, -0.2) is 38.5 Å². The molecule has 0 unspecified atom stereocenters. The highest BCUT2D eigenvalue weighted by Crippen LogP contribution is 2.27. The quantitative estimate of drug-likeness (QED) is 0.886. The molecule has 0 spiro atoms. The number of nitrogens with two attached hydrogens (primary N) is 1. The van der Waals surface area contributed by atoms with Crippen molar-refractivity contribution in [3.05, 3.63) is 36.7 Å². The van der Waals surface area contributed by atoms with E-state index in [0.29, 0.717) is 0 Å². The molecule has 2 N–H and O–H groups in total. The van der Waals surface area contributed by atoms with E-state index in [0.717, 1.165) is 37.7 Å². The van der Waals surface area contributed by atoms with Crippen molar-refractivity contribution in [3.63, 3.8) is 0 Å². The van der Waals surface area contributed by atoms with Gasteiger partial charge in [-0.2, -0.15) is 0 Å². The van der Waals surface area contributed by atoms with Crippen molar-refractivity contribution in [1.29, 1.82) is 0 Å². The Labute approximate surface area is 122 Å². The molecular formula is C14H18N6O. The number of hydrogen-bond acceptors (Lipinski definition) is 5. The van der Waals surface area contributed by atoms with Gasteiger partial charge in [0.15, 0.2) is 0 Å². The van der Waals surface area contributed by atoms with Crippen molar-refractivity contribution in [2.45, 2.75) is 25.3 Å². The molecule has 1 aliphatic heterocycles. The minimum absolute atomic E-state index is 0.174. The molecule has 0 aromatic carbocycles. The monoisotopic (exact) mass is 286 g/mol. The first-order valence-electron chi connectivity index (χ1n) is 7.05. The van der Waals surface area contributed by atoms with Crippen LogP contribution in [-0.2, 0) is 11.3 Å². The lowest BCUT2D eigenvalue weighted by atomic mass is 9.97. The number of imidazole rings is 1. The van der Waals surface area contributed by atoms with Crippen molar-refractivity contribution in [2.24, 2.45) is 5.73 Å². The van der Waals surface area contributed by atoms with Gasteiger partial charge in [-0.3, -0.25) is 4.79 Å². The standard InChI is InChI=1S/C14H18N6O/c15-12(21)10-19-8-6-16-13(19)11-3-1-7-20(9-11)14-17-4-2-5-18-14/h2,4-6,8,11H,1,3,7,9-10H2,(H2,15,21)/t11-/m1/s1. The van der Waals surface area contributed by atoms with E-state index in [-0.39, 0.29) is 18.4 Å². The zero-order chi connectivity index (χ0) is 14.7. The number of carbonyl (C=O) groups excluding carboxylic acids is 1. The summed E-state index contributed by atoms with van der Waals surface area (Å²) in [7, 11) is 0. The molecule has 0 aliphatic carbocycles. The Morgan fingerprint density at radius 1 is 1.29 bits per heavy atom. The zero-order valence-electron chi connectivity index (χ0n) is 11.7. The Morgan fingerprint density at radius 2 is 2.10 bits per heavy atom. The van der Waals surface area contributed by atoms with Gasteiger partial charge >= 0.3 is 0 Å². The third-order valence-corrected chi connectivity index (χ3v) is 3.70. The molecule has 21 heavy (non-hydrogen) atoms. The van der Waals surface area contributed by atoms with E-state index >= 15 is 0 Å². The molecule has 1 atom stereocenters. The van der Waals surface area contributed by atoms with Crippen molar-refractivity contribution in [1.82, 2.24) is 19.5 Å². The minimum Gasteiger partial charge on any atom is -0.368 e. The number of anilines is 1. The SMILES string of the molecule is NC(=O)Cn1ccnc1[C@@H]1CCCN(c2ncccn2)C1. The van der Waals surface area contributed by atoms with Gasteiger partial charge in [0.25, 0.3) is 0 Å². The van der Waals surface area contributed by atoms with E-state index in [2.05, 4.69) is 19.9 Å². The average Bonchev–Trinajstić information content (AvgIpc) is 2.96. The lowest BCUT2D eigenvalue weighted by Gasteiger charge is -2.32. The first-order chi connectivity index (χ1) is 10.2. The van der Waals surface area contributed by atoms with Crippen LogP contribution >= 0.6 is 0 Å². The predicted octanol–water partition coefficient (Wildman–Crippen LogP) is 0.542. The van der Waals surface area contributed by atoms with Gasteiger partial charge in [0, 0.05) is 43.8 Å². The largest absolute Gasteiger partial charge is 0.368 e. The normalized spacial score (nSPS) is 18.7. The molecule has 2 aromatic rings. The van der Waals surface area contributed by atoms with E-state index in [4.69, 9.17) is 5.73 Å². The lowest BCUT2D eigenvalue weighted by Crippen LogP contribution is -2.36. The number of rotatable bonds is 4. The minimum atomic E-state index is -0.353. The van der Waals surface area contributed by atoms with Gasteiger partial charge in [-0.25, -0.2) is 15.0 Å². The molecule has 0 bridgehead atoms. The van der Waals surface area contributed by atoms with Crippen LogP contribution in [0.2, 0.25) is 0 Å². The molecule has 3 rings (SSSR count). The molecule has 0 radical (unpaired) electrons. The molecule has 2 aromatic heterocycles. The van der Waals surface area contributed by atoms with E-state index in [1.807, 2.05) is 10.6 Å². The molecule has 3 heterocycles. The third kappa shape index (κ3) is 3.01. The van der Waals surface area contributed by atoms with Crippen molar-refractivity contribution in [3.8, 4) is 0 Å². The summed E-state index contributed by atoms with van der Waals surface area (Å²) < 4.78 is 1.84. The van der Waals surface area contributed by atoms with Crippen molar-refractivity contribution in [2.75, 3.05) is 18.0 Å². The van der Waals surface area contributed by atoms with Crippen LogP contribution in [0, 0.1) is 0 Å². The fraction of sp³-hybridized carbons (Fsp3) is 0.429. The van der Waals surface area contributed by atoms with Crippen LogP contribution < -0.4 is 10.6 Å². The highest BCUT2D eigenvalue weighted by atomic mass is 16.1. The highest BCUT2D eigenvalue weighted by molar-refractivity contribution is 5.73. The molecule has 7 nitrogen and oxygen atoms in total. The number of primary amides is 1. The van der Waals surface area contributed by atoms with E-state index in [9.17, 15) is 4.79 Å². The van der Waals surface area contributed by atoms with Gasteiger partial charge in [-0.05, 0) is 18.9 Å². The van der Waals surface area contributed by atoms with Gasteiger partial charge in [-0.1, -0.05) is 0 Å².